The Morgan fingerprint density at radius 2 is 1.78 bits per heavy atom. The molecule has 3 N–H and O–H groups in total. The van der Waals surface area contributed by atoms with Crippen molar-refractivity contribution in [2.45, 2.75) is 6.54 Å². The highest BCUT2D eigenvalue weighted by atomic mass is 35.5. The third-order valence-corrected chi connectivity index (χ3v) is 4.53. The molecule has 2 amide bonds. The van der Waals surface area contributed by atoms with Crippen molar-refractivity contribution in [2.24, 2.45) is 0 Å². The fraction of sp³-hybridized carbons (Fsp3) is 0.176. The number of thioether (sulfide) groups is 1. The van der Waals surface area contributed by atoms with E-state index in [1.807, 2.05) is 0 Å². The Kier molecular flexibility index (Phi) is 7.44. The number of benzene rings is 2. The standard InChI is InChI=1S/C17H16ClN3O5S/c18-12-1-3-13(4-2-12)20-17(24)10-27-9-16(23)19-8-11-7-14(21(25)26)5-6-15(11)22/h1-7,22H,8-10H2,(H,19,23)(H,20,24). The van der Waals surface area contributed by atoms with Crippen molar-refractivity contribution in [3.63, 3.8) is 0 Å². The summed E-state index contributed by atoms with van der Waals surface area (Å²) in [6, 6.07) is 10.2. The first-order valence-corrected chi connectivity index (χ1v) is 9.24. The van der Waals surface area contributed by atoms with Crippen LogP contribution in [0.5, 0.6) is 5.75 Å². The Morgan fingerprint density at radius 3 is 2.44 bits per heavy atom. The number of hydrogen-bond acceptors (Lipinski definition) is 6. The number of nitrogens with one attached hydrogen (secondary N) is 2. The zero-order valence-electron chi connectivity index (χ0n) is 14.0. The second-order valence-corrected chi connectivity index (χ2v) is 6.82. The molecule has 0 aliphatic heterocycles. The quantitative estimate of drug-likeness (QED) is 0.455. The van der Waals surface area contributed by atoms with Crippen molar-refractivity contribution in [3.8, 4) is 5.75 Å². The third kappa shape index (κ3) is 6.80. The first-order chi connectivity index (χ1) is 12.8. The summed E-state index contributed by atoms with van der Waals surface area (Å²) >= 11 is 6.88. The Morgan fingerprint density at radius 1 is 1.11 bits per heavy atom. The van der Waals surface area contributed by atoms with Crippen molar-refractivity contribution >= 4 is 46.6 Å². The number of halogens is 1. The summed E-state index contributed by atoms with van der Waals surface area (Å²) in [4.78, 5) is 33.8. The number of amides is 2. The number of aromatic hydroxyl groups is 1. The van der Waals surface area contributed by atoms with E-state index < -0.39 is 4.92 Å². The number of nitro groups is 1. The molecule has 0 heterocycles. The van der Waals surface area contributed by atoms with Crippen molar-refractivity contribution in [1.82, 2.24) is 5.32 Å². The van der Waals surface area contributed by atoms with Crippen molar-refractivity contribution in [3.05, 3.63) is 63.2 Å². The smallest absolute Gasteiger partial charge is 0.270 e. The molecule has 2 aromatic carbocycles. The van der Waals surface area contributed by atoms with Gasteiger partial charge in [0.05, 0.1) is 16.4 Å². The van der Waals surface area contributed by atoms with E-state index in [1.54, 1.807) is 24.3 Å². The maximum Gasteiger partial charge on any atom is 0.270 e. The summed E-state index contributed by atoms with van der Waals surface area (Å²) in [5.41, 5.74) is 0.670. The van der Waals surface area contributed by atoms with Crippen LogP contribution in [0, 0.1) is 10.1 Å². The zero-order chi connectivity index (χ0) is 19.8. The molecule has 0 saturated carbocycles. The summed E-state index contributed by atoms with van der Waals surface area (Å²) in [6.07, 6.45) is 0. The molecule has 0 aromatic heterocycles. The molecular weight excluding hydrogens is 394 g/mol. The second kappa shape index (κ2) is 9.79. The molecule has 2 aromatic rings. The van der Waals surface area contributed by atoms with Gasteiger partial charge in [0.15, 0.2) is 0 Å². The highest BCUT2D eigenvalue weighted by Crippen LogP contribution is 2.22. The number of phenols is 1. The molecule has 10 heteroatoms. The molecule has 0 fully saturated rings. The molecule has 142 valence electrons. The number of rotatable bonds is 8. The van der Waals surface area contributed by atoms with Crippen molar-refractivity contribution < 1.29 is 19.6 Å². The predicted octanol–water partition coefficient (Wildman–Crippen LogP) is 2.94. The molecule has 0 saturated heterocycles. The number of phenolic OH excluding ortho intramolecular Hbond substituents is 1. The average Bonchev–Trinajstić information content (AvgIpc) is 2.62. The van der Waals surface area contributed by atoms with Crippen LogP contribution in [0.4, 0.5) is 11.4 Å². The molecule has 2 rings (SSSR count). The average molecular weight is 410 g/mol. The van der Waals surface area contributed by atoms with Gasteiger partial charge in [-0.3, -0.25) is 19.7 Å². The number of carbonyl (C=O) groups is 2. The van der Waals surface area contributed by atoms with Gasteiger partial charge in [-0.2, -0.15) is 0 Å². The third-order valence-electron chi connectivity index (χ3n) is 3.34. The van der Waals surface area contributed by atoms with Gasteiger partial charge in [-0.15, -0.1) is 11.8 Å². The van der Waals surface area contributed by atoms with Crippen LogP contribution in [0.3, 0.4) is 0 Å². The maximum atomic E-state index is 11.8. The molecule has 0 unspecified atom stereocenters. The van der Waals surface area contributed by atoms with Gasteiger partial charge in [-0.05, 0) is 30.3 Å². The topological polar surface area (TPSA) is 122 Å². The van der Waals surface area contributed by atoms with Crippen LogP contribution in [0.2, 0.25) is 5.02 Å². The maximum absolute atomic E-state index is 11.8. The van der Waals surface area contributed by atoms with Gasteiger partial charge in [0, 0.05) is 35.0 Å². The lowest BCUT2D eigenvalue weighted by molar-refractivity contribution is -0.384. The van der Waals surface area contributed by atoms with Gasteiger partial charge >= 0.3 is 0 Å². The number of non-ortho nitro benzene ring substituents is 1. The van der Waals surface area contributed by atoms with Crippen LogP contribution in [0.1, 0.15) is 5.56 Å². The van der Waals surface area contributed by atoms with Crippen LogP contribution in [0.25, 0.3) is 0 Å². The van der Waals surface area contributed by atoms with E-state index in [2.05, 4.69) is 10.6 Å². The lowest BCUT2D eigenvalue weighted by Crippen LogP contribution is -2.25. The van der Waals surface area contributed by atoms with Crippen molar-refractivity contribution in [1.29, 1.82) is 0 Å². The molecule has 8 nitrogen and oxygen atoms in total. The van der Waals surface area contributed by atoms with Crippen LogP contribution < -0.4 is 10.6 Å². The van der Waals surface area contributed by atoms with Crippen LogP contribution in [-0.2, 0) is 16.1 Å². The highest BCUT2D eigenvalue weighted by Gasteiger charge is 2.12. The van der Waals surface area contributed by atoms with Crippen LogP contribution in [-0.4, -0.2) is 33.3 Å². The number of nitro benzene ring substituents is 1. The predicted molar refractivity (Wildman–Crippen MR) is 104 cm³/mol. The minimum Gasteiger partial charge on any atom is -0.508 e. The lowest BCUT2D eigenvalue weighted by atomic mass is 10.2. The SMILES string of the molecule is O=C(CSCC(=O)Nc1ccc(Cl)cc1)NCc1cc([N+](=O)[O-])ccc1O. The van der Waals surface area contributed by atoms with E-state index in [4.69, 9.17) is 11.6 Å². The Labute approximate surface area is 164 Å². The van der Waals surface area contributed by atoms with Gasteiger partial charge in [0.1, 0.15) is 5.75 Å². The van der Waals surface area contributed by atoms with Crippen molar-refractivity contribution in [2.75, 3.05) is 16.8 Å². The number of nitrogens with zero attached hydrogens (tertiary/aromatic N) is 1. The Balaban J connectivity index is 1.73. The molecular formula is C17H16ClN3O5S. The van der Waals surface area contributed by atoms with Crippen LogP contribution in [0.15, 0.2) is 42.5 Å². The molecule has 0 aliphatic rings. The summed E-state index contributed by atoms with van der Waals surface area (Å²) in [6.45, 7) is -0.0517. The minimum absolute atomic E-state index is 0.0315. The highest BCUT2D eigenvalue weighted by molar-refractivity contribution is 8.00. The molecule has 0 atom stereocenters. The normalized spacial score (nSPS) is 10.3. The summed E-state index contributed by atoms with van der Waals surface area (Å²) in [7, 11) is 0. The van der Waals surface area contributed by atoms with E-state index in [9.17, 15) is 24.8 Å². The fourth-order valence-electron chi connectivity index (χ4n) is 2.04. The van der Waals surface area contributed by atoms with Gasteiger partial charge in [0.2, 0.25) is 11.8 Å². The summed E-state index contributed by atoms with van der Waals surface area (Å²) in [5.74, 6) is -0.644. The van der Waals surface area contributed by atoms with E-state index in [1.165, 1.54) is 18.2 Å². The summed E-state index contributed by atoms with van der Waals surface area (Å²) in [5, 5.41) is 26.2. The van der Waals surface area contributed by atoms with E-state index >= 15 is 0 Å². The van der Waals surface area contributed by atoms with E-state index in [0.717, 1.165) is 11.8 Å². The minimum atomic E-state index is -0.583. The number of carbonyl (C=O) groups excluding carboxylic acids is 2. The number of hydrogen-bond donors (Lipinski definition) is 3. The van der Waals surface area contributed by atoms with E-state index in [0.29, 0.717) is 10.7 Å². The molecule has 0 radical (unpaired) electrons. The monoisotopic (exact) mass is 409 g/mol. The largest absolute Gasteiger partial charge is 0.508 e. The molecule has 27 heavy (non-hydrogen) atoms. The lowest BCUT2D eigenvalue weighted by Gasteiger charge is -2.08. The van der Waals surface area contributed by atoms with Gasteiger partial charge in [-0.1, -0.05) is 11.6 Å². The zero-order valence-corrected chi connectivity index (χ0v) is 15.5. The molecule has 0 spiro atoms. The Hall–Kier alpha value is -2.78. The summed E-state index contributed by atoms with van der Waals surface area (Å²) < 4.78 is 0. The van der Waals surface area contributed by atoms with Crippen LogP contribution >= 0.6 is 23.4 Å². The van der Waals surface area contributed by atoms with E-state index in [-0.39, 0.29) is 46.9 Å². The fourth-order valence-corrected chi connectivity index (χ4v) is 2.81. The Bertz CT molecular complexity index is 845. The first kappa shape index (κ1) is 20.5. The first-order valence-electron chi connectivity index (χ1n) is 7.71. The van der Waals surface area contributed by atoms with Gasteiger partial charge < -0.3 is 15.7 Å². The molecule has 0 bridgehead atoms. The second-order valence-electron chi connectivity index (χ2n) is 5.39. The molecule has 0 aliphatic carbocycles. The van der Waals surface area contributed by atoms with Gasteiger partial charge in [0.25, 0.3) is 5.69 Å². The number of anilines is 1. The van der Waals surface area contributed by atoms with Gasteiger partial charge in [-0.25, -0.2) is 0 Å².